The summed E-state index contributed by atoms with van der Waals surface area (Å²) in [7, 11) is 1.11. The zero-order valence-electron chi connectivity index (χ0n) is 11.6. The molecular formula is C11H17F3N4O2. The van der Waals surface area contributed by atoms with Gasteiger partial charge in [-0.05, 0) is 20.8 Å². The van der Waals surface area contributed by atoms with Gasteiger partial charge in [-0.15, -0.1) is 0 Å². The summed E-state index contributed by atoms with van der Waals surface area (Å²) in [6.07, 6.45) is -4.44. The monoisotopic (exact) mass is 294 g/mol. The number of aromatic nitrogens is 2. The molecule has 0 radical (unpaired) electrons. The Balaban J connectivity index is 3.24. The number of nitrogens with zero attached hydrogens (tertiary/aromatic N) is 2. The van der Waals surface area contributed by atoms with E-state index in [1.54, 1.807) is 20.8 Å². The van der Waals surface area contributed by atoms with Crippen LogP contribution in [0.1, 0.15) is 31.1 Å². The molecule has 20 heavy (non-hydrogen) atoms. The van der Waals surface area contributed by atoms with E-state index < -0.39 is 24.2 Å². The third kappa shape index (κ3) is 3.55. The van der Waals surface area contributed by atoms with Gasteiger partial charge in [-0.1, -0.05) is 0 Å². The fourth-order valence-corrected chi connectivity index (χ4v) is 1.55. The van der Waals surface area contributed by atoms with Crippen LogP contribution >= 0.6 is 0 Å². The second-order valence-electron chi connectivity index (χ2n) is 5.15. The quantitative estimate of drug-likeness (QED) is 0.833. The first kappa shape index (κ1) is 16.1. The molecule has 0 atom stereocenters. The molecule has 9 heteroatoms. The Kier molecular flexibility index (Phi) is 4.21. The van der Waals surface area contributed by atoms with Crippen molar-refractivity contribution < 1.29 is 22.7 Å². The van der Waals surface area contributed by atoms with Crippen LogP contribution in [0.4, 0.5) is 24.8 Å². The predicted octanol–water partition coefficient (Wildman–Crippen LogP) is 1.98. The number of esters is 1. The molecule has 3 N–H and O–H groups in total. The lowest BCUT2D eigenvalue weighted by molar-refractivity contribution is -0.115. The first-order chi connectivity index (χ1) is 8.97. The van der Waals surface area contributed by atoms with Crippen molar-refractivity contribution in [3.8, 4) is 0 Å². The van der Waals surface area contributed by atoms with E-state index in [0.29, 0.717) is 0 Å². The highest BCUT2D eigenvalue weighted by atomic mass is 19.4. The molecule has 0 bridgehead atoms. The number of carbonyl (C=O) groups excluding carboxylic acids is 1. The van der Waals surface area contributed by atoms with E-state index in [0.717, 1.165) is 7.11 Å². The van der Waals surface area contributed by atoms with Crippen molar-refractivity contribution >= 4 is 17.6 Å². The van der Waals surface area contributed by atoms with Crippen molar-refractivity contribution in [2.45, 2.75) is 32.5 Å². The van der Waals surface area contributed by atoms with Crippen LogP contribution in [-0.2, 0) is 10.3 Å². The minimum atomic E-state index is -4.44. The summed E-state index contributed by atoms with van der Waals surface area (Å²) >= 11 is 0. The smallest absolute Gasteiger partial charge is 0.405 e. The van der Waals surface area contributed by atoms with E-state index in [-0.39, 0.29) is 17.2 Å². The molecule has 1 aromatic rings. The van der Waals surface area contributed by atoms with Crippen molar-refractivity contribution in [2.75, 3.05) is 24.7 Å². The summed E-state index contributed by atoms with van der Waals surface area (Å²) in [6.45, 7) is 3.94. The number of ether oxygens (including phenoxy) is 1. The molecule has 1 rings (SSSR count). The second-order valence-corrected chi connectivity index (χ2v) is 5.15. The van der Waals surface area contributed by atoms with Gasteiger partial charge >= 0.3 is 12.1 Å². The molecule has 0 aromatic carbocycles. The standard InChI is InChI=1S/C11H17F3N4O2/c1-10(2,3)18-7(15)6(9(19)20-4)8(17-18)16-5-11(12,13)14/h5,15H2,1-4H3,(H,16,17). The summed E-state index contributed by atoms with van der Waals surface area (Å²) in [5, 5.41) is 6.00. The lowest BCUT2D eigenvalue weighted by Gasteiger charge is -2.20. The maximum atomic E-state index is 12.3. The van der Waals surface area contributed by atoms with Crippen molar-refractivity contribution in [1.82, 2.24) is 9.78 Å². The summed E-state index contributed by atoms with van der Waals surface area (Å²) in [5.74, 6) is -1.14. The molecule has 0 saturated carbocycles. The average Bonchev–Trinajstić information content (AvgIpc) is 2.61. The molecule has 6 nitrogen and oxygen atoms in total. The van der Waals surface area contributed by atoms with Crippen LogP contribution in [0, 0.1) is 0 Å². The summed E-state index contributed by atoms with van der Waals surface area (Å²) in [6, 6.07) is 0. The Labute approximate surface area is 114 Å². The lowest BCUT2D eigenvalue weighted by Crippen LogP contribution is -2.25. The predicted molar refractivity (Wildman–Crippen MR) is 67.5 cm³/mol. The molecule has 114 valence electrons. The highest BCUT2D eigenvalue weighted by Crippen LogP contribution is 2.29. The van der Waals surface area contributed by atoms with Crippen molar-refractivity contribution in [1.29, 1.82) is 0 Å². The van der Waals surface area contributed by atoms with Gasteiger partial charge in [-0.25, -0.2) is 9.48 Å². The maximum Gasteiger partial charge on any atom is 0.405 e. The number of carbonyl (C=O) groups is 1. The average molecular weight is 294 g/mol. The minimum Gasteiger partial charge on any atom is -0.465 e. The number of nitrogens with two attached hydrogens (primary N) is 1. The van der Waals surface area contributed by atoms with Crippen LogP contribution in [0.3, 0.4) is 0 Å². The number of hydrogen-bond donors (Lipinski definition) is 2. The van der Waals surface area contributed by atoms with E-state index in [9.17, 15) is 18.0 Å². The molecule has 0 unspecified atom stereocenters. The zero-order chi connectivity index (χ0) is 15.7. The molecule has 0 fully saturated rings. The molecule has 0 aliphatic rings. The Bertz CT molecular complexity index is 503. The van der Waals surface area contributed by atoms with Crippen molar-refractivity contribution in [3.63, 3.8) is 0 Å². The minimum absolute atomic E-state index is 0.0472. The van der Waals surface area contributed by atoms with E-state index in [4.69, 9.17) is 5.73 Å². The number of rotatable bonds is 3. The topological polar surface area (TPSA) is 82.2 Å². The van der Waals surface area contributed by atoms with Crippen molar-refractivity contribution in [3.05, 3.63) is 5.56 Å². The molecule has 1 heterocycles. The number of nitrogen functional groups attached to an aromatic ring is 1. The molecule has 0 saturated heterocycles. The number of anilines is 2. The number of methoxy groups -OCH3 is 1. The Hall–Kier alpha value is -1.93. The van der Waals surface area contributed by atoms with Gasteiger partial charge in [-0.3, -0.25) is 0 Å². The number of alkyl halides is 3. The van der Waals surface area contributed by atoms with Crippen LogP contribution < -0.4 is 11.1 Å². The molecular weight excluding hydrogens is 277 g/mol. The van der Waals surface area contributed by atoms with Gasteiger partial charge in [0.25, 0.3) is 0 Å². The van der Waals surface area contributed by atoms with E-state index in [2.05, 4.69) is 15.2 Å². The van der Waals surface area contributed by atoms with E-state index >= 15 is 0 Å². The Morgan fingerprint density at radius 2 is 1.95 bits per heavy atom. The molecule has 1 aromatic heterocycles. The molecule has 0 aliphatic carbocycles. The third-order valence-electron chi connectivity index (χ3n) is 2.40. The van der Waals surface area contributed by atoms with Gasteiger partial charge < -0.3 is 15.8 Å². The molecule has 0 spiro atoms. The van der Waals surface area contributed by atoms with Gasteiger partial charge in [0.15, 0.2) is 5.82 Å². The molecule has 0 amide bonds. The maximum absolute atomic E-state index is 12.3. The van der Waals surface area contributed by atoms with Crippen LogP contribution in [0.5, 0.6) is 0 Å². The van der Waals surface area contributed by atoms with Gasteiger partial charge in [-0.2, -0.15) is 18.3 Å². The van der Waals surface area contributed by atoms with Crippen LogP contribution in [0.25, 0.3) is 0 Å². The van der Waals surface area contributed by atoms with E-state index in [1.165, 1.54) is 4.68 Å². The third-order valence-corrected chi connectivity index (χ3v) is 2.40. The second kappa shape index (κ2) is 5.22. The fraction of sp³-hybridized carbons (Fsp3) is 0.636. The summed E-state index contributed by atoms with van der Waals surface area (Å²) in [4.78, 5) is 11.6. The van der Waals surface area contributed by atoms with Gasteiger partial charge in [0.05, 0.1) is 12.6 Å². The first-order valence-corrected chi connectivity index (χ1v) is 5.75. The fourth-order valence-electron chi connectivity index (χ4n) is 1.55. The summed E-state index contributed by atoms with van der Waals surface area (Å²) in [5.41, 5.74) is 4.99. The molecule has 0 aliphatic heterocycles. The lowest BCUT2D eigenvalue weighted by atomic mass is 10.1. The highest BCUT2D eigenvalue weighted by Gasteiger charge is 2.31. The Morgan fingerprint density at radius 3 is 2.35 bits per heavy atom. The number of nitrogens with one attached hydrogen (secondary N) is 1. The summed E-state index contributed by atoms with van der Waals surface area (Å²) < 4.78 is 42.6. The van der Waals surface area contributed by atoms with Gasteiger partial charge in [0.2, 0.25) is 0 Å². The SMILES string of the molecule is COC(=O)c1c(NCC(F)(F)F)nn(C(C)(C)C)c1N. The van der Waals surface area contributed by atoms with Crippen LogP contribution in [0.2, 0.25) is 0 Å². The van der Waals surface area contributed by atoms with Gasteiger partial charge in [0.1, 0.15) is 17.9 Å². The largest absolute Gasteiger partial charge is 0.465 e. The van der Waals surface area contributed by atoms with E-state index in [1.807, 2.05) is 0 Å². The van der Waals surface area contributed by atoms with Crippen molar-refractivity contribution in [2.24, 2.45) is 0 Å². The number of halogens is 3. The first-order valence-electron chi connectivity index (χ1n) is 5.75. The van der Waals surface area contributed by atoms with Crippen LogP contribution in [0.15, 0.2) is 0 Å². The zero-order valence-corrected chi connectivity index (χ0v) is 11.6. The normalized spacial score (nSPS) is 12.3. The highest BCUT2D eigenvalue weighted by molar-refractivity contribution is 5.99. The van der Waals surface area contributed by atoms with Crippen LogP contribution in [-0.4, -0.2) is 35.6 Å². The number of hydrogen-bond acceptors (Lipinski definition) is 5. The van der Waals surface area contributed by atoms with Gasteiger partial charge in [0, 0.05) is 0 Å². The Morgan fingerprint density at radius 1 is 1.40 bits per heavy atom.